The van der Waals surface area contributed by atoms with Crippen molar-refractivity contribution >= 4 is 29.2 Å². The Morgan fingerprint density at radius 3 is 2.79 bits per heavy atom. The molecule has 150 valence electrons. The third-order valence-electron chi connectivity index (χ3n) is 4.76. The van der Waals surface area contributed by atoms with Crippen LogP contribution in [0.5, 0.6) is 0 Å². The Morgan fingerprint density at radius 2 is 2.18 bits per heavy atom. The topological polar surface area (TPSA) is 99.2 Å². The van der Waals surface area contributed by atoms with Crippen LogP contribution in [0.4, 0.5) is 14.9 Å². The summed E-state index contributed by atoms with van der Waals surface area (Å²) in [6.07, 6.45) is 1.17. The third-order valence-corrected chi connectivity index (χ3v) is 4.76. The maximum Gasteiger partial charge on any atom is 0.414 e. The molecule has 0 radical (unpaired) electrons. The minimum atomic E-state index is -0.586. The van der Waals surface area contributed by atoms with E-state index in [0.717, 1.165) is 5.57 Å². The molecule has 0 spiro atoms. The quantitative estimate of drug-likeness (QED) is 0.777. The van der Waals surface area contributed by atoms with Crippen molar-refractivity contribution in [2.24, 2.45) is 0 Å². The van der Waals surface area contributed by atoms with E-state index >= 15 is 0 Å². The number of rotatable bonds is 5. The van der Waals surface area contributed by atoms with E-state index in [0.29, 0.717) is 30.8 Å². The van der Waals surface area contributed by atoms with E-state index in [1.165, 1.54) is 22.8 Å². The van der Waals surface area contributed by atoms with E-state index in [-0.39, 0.29) is 24.9 Å². The SMILES string of the molecule is CC(=O)NCC1CN(c2ccc(C3=CCN(C(=O)CO)CC3)c(F)c2)C(=O)O1. The van der Waals surface area contributed by atoms with Gasteiger partial charge in [-0.2, -0.15) is 0 Å². The molecule has 2 aliphatic heterocycles. The number of nitrogens with zero attached hydrogens (tertiary/aromatic N) is 2. The van der Waals surface area contributed by atoms with Gasteiger partial charge in [0.15, 0.2) is 0 Å². The van der Waals surface area contributed by atoms with Crippen LogP contribution in [0.2, 0.25) is 0 Å². The van der Waals surface area contributed by atoms with Crippen LogP contribution in [0.25, 0.3) is 5.57 Å². The lowest BCUT2D eigenvalue weighted by Gasteiger charge is -2.26. The molecule has 0 saturated carbocycles. The zero-order valence-electron chi connectivity index (χ0n) is 15.5. The van der Waals surface area contributed by atoms with Crippen LogP contribution in [0.1, 0.15) is 18.9 Å². The summed E-state index contributed by atoms with van der Waals surface area (Å²) in [6, 6.07) is 4.53. The highest BCUT2D eigenvalue weighted by molar-refractivity contribution is 5.90. The standard InChI is InChI=1S/C19H22FN3O5/c1-12(25)21-9-15-10-23(19(27)28-15)14-2-3-16(17(20)8-14)13-4-6-22(7-5-13)18(26)11-24/h2-4,8,15,24H,5-7,9-11H2,1H3,(H,21,25). The van der Waals surface area contributed by atoms with Crippen molar-refractivity contribution in [3.8, 4) is 0 Å². The fraction of sp³-hybridized carbons (Fsp3) is 0.421. The van der Waals surface area contributed by atoms with Crippen LogP contribution in [-0.2, 0) is 14.3 Å². The zero-order chi connectivity index (χ0) is 20.3. The molecule has 2 N–H and O–H groups in total. The Balaban J connectivity index is 1.69. The van der Waals surface area contributed by atoms with Gasteiger partial charge in [-0.15, -0.1) is 0 Å². The molecule has 3 amide bonds. The molecule has 1 aromatic rings. The van der Waals surface area contributed by atoms with Gasteiger partial charge in [0.1, 0.15) is 18.5 Å². The minimum Gasteiger partial charge on any atom is -0.442 e. The highest BCUT2D eigenvalue weighted by Gasteiger charge is 2.33. The van der Waals surface area contributed by atoms with Crippen molar-refractivity contribution in [1.82, 2.24) is 10.2 Å². The summed E-state index contributed by atoms with van der Waals surface area (Å²) in [7, 11) is 0. The third kappa shape index (κ3) is 4.30. The summed E-state index contributed by atoms with van der Waals surface area (Å²) < 4.78 is 19.9. The van der Waals surface area contributed by atoms with E-state index in [1.807, 2.05) is 0 Å². The second-order valence-electron chi connectivity index (χ2n) is 6.69. The molecule has 0 bridgehead atoms. The summed E-state index contributed by atoms with van der Waals surface area (Å²) in [5, 5.41) is 11.5. The first kappa shape index (κ1) is 19.8. The van der Waals surface area contributed by atoms with Crippen LogP contribution in [-0.4, -0.2) is 66.8 Å². The Bertz CT molecular complexity index is 826. The van der Waals surface area contributed by atoms with Gasteiger partial charge >= 0.3 is 6.09 Å². The molecule has 8 nitrogen and oxygen atoms in total. The summed E-state index contributed by atoms with van der Waals surface area (Å²) >= 11 is 0. The number of amides is 3. The van der Waals surface area contributed by atoms with Crippen LogP contribution >= 0.6 is 0 Å². The molecule has 0 aliphatic carbocycles. The normalized spacial score (nSPS) is 19.3. The number of cyclic esters (lactones) is 1. The monoisotopic (exact) mass is 391 g/mol. The molecule has 1 unspecified atom stereocenters. The number of hydrogen-bond acceptors (Lipinski definition) is 5. The molecule has 3 rings (SSSR count). The molecular formula is C19H22FN3O5. The molecule has 9 heteroatoms. The number of aliphatic hydroxyl groups is 1. The van der Waals surface area contributed by atoms with Crippen molar-refractivity contribution in [3.05, 3.63) is 35.7 Å². The molecule has 1 aromatic carbocycles. The minimum absolute atomic E-state index is 0.202. The number of anilines is 1. The number of benzene rings is 1. The Kier molecular flexibility index (Phi) is 5.93. The first-order chi connectivity index (χ1) is 13.4. The van der Waals surface area contributed by atoms with Gasteiger partial charge < -0.3 is 20.1 Å². The molecule has 28 heavy (non-hydrogen) atoms. The lowest BCUT2D eigenvalue weighted by Crippen LogP contribution is -2.36. The summed E-state index contributed by atoms with van der Waals surface area (Å²) in [6.45, 7) is 1.99. The van der Waals surface area contributed by atoms with E-state index in [4.69, 9.17) is 9.84 Å². The predicted molar refractivity (Wildman–Crippen MR) is 99.0 cm³/mol. The maximum absolute atomic E-state index is 14.7. The average molecular weight is 391 g/mol. The molecule has 2 aliphatic rings. The van der Waals surface area contributed by atoms with Crippen LogP contribution in [0, 0.1) is 5.82 Å². The maximum atomic E-state index is 14.7. The first-order valence-corrected chi connectivity index (χ1v) is 8.99. The first-order valence-electron chi connectivity index (χ1n) is 8.99. The van der Waals surface area contributed by atoms with Crippen molar-refractivity contribution in [2.75, 3.05) is 37.7 Å². The number of nitrogens with one attached hydrogen (secondary N) is 1. The van der Waals surface area contributed by atoms with Gasteiger partial charge in [0.05, 0.1) is 18.8 Å². The molecular weight excluding hydrogens is 369 g/mol. The zero-order valence-corrected chi connectivity index (χ0v) is 15.5. The van der Waals surface area contributed by atoms with E-state index in [9.17, 15) is 18.8 Å². The van der Waals surface area contributed by atoms with Gasteiger partial charge in [-0.05, 0) is 30.2 Å². The fourth-order valence-corrected chi connectivity index (χ4v) is 3.27. The highest BCUT2D eigenvalue weighted by atomic mass is 19.1. The van der Waals surface area contributed by atoms with Gasteiger partial charge in [0.2, 0.25) is 11.8 Å². The van der Waals surface area contributed by atoms with Gasteiger partial charge in [-0.1, -0.05) is 6.08 Å². The second-order valence-corrected chi connectivity index (χ2v) is 6.69. The Morgan fingerprint density at radius 1 is 1.39 bits per heavy atom. The number of carbonyl (C=O) groups is 3. The van der Waals surface area contributed by atoms with Crippen molar-refractivity contribution in [2.45, 2.75) is 19.4 Å². The van der Waals surface area contributed by atoms with Crippen LogP contribution < -0.4 is 10.2 Å². The van der Waals surface area contributed by atoms with Gasteiger partial charge in [-0.3, -0.25) is 14.5 Å². The average Bonchev–Trinajstić information content (AvgIpc) is 3.06. The lowest BCUT2D eigenvalue weighted by atomic mass is 9.98. The lowest BCUT2D eigenvalue weighted by molar-refractivity contribution is -0.133. The number of carbonyl (C=O) groups excluding carboxylic acids is 3. The van der Waals surface area contributed by atoms with E-state index < -0.39 is 24.6 Å². The summed E-state index contributed by atoms with van der Waals surface area (Å²) in [5.41, 5.74) is 1.57. The van der Waals surface area contributed by atoms with Gasteiger partial charge in [-0.25, -0.2) is 9.18 Å². The number of halogens is 1. The number of aliphatic hydroxyl groups excluding tert-OH is 1. The molecule has 0 aromatic heterocycles. The molecule has 1 saturated heterocycles. The Hall–Kier alpha value is -2.94. The van der Waals surface area contributed by atoms with Crippen molar-refractivity contribution in [1.29, 1.82) is 0 Å². The van der Waals surface area contributed by atoms with Gasteiger partial charge in [0.25, 0.3) is 0 Å². The van der Waals surface area contributed by atoms with E-state index in [1.54, 1.807) is 18.2 Å². The van der Waals surface area contributed by atoms with E-state index in [2.05, 4.69) is 5.32 Å². The number of ether oxygens (including phenoxy) is 1. The number of hydrogen-bond donors (Lipinski definition) is 2. The van der Waals surface area contributed by atoms with Crippen LogP contribution in [0.3, 0.4) is 0 Å². The summed E-state index contributed by atoms with van der Waals surface area (Å²) in [5.74, 6) is -1.04. The Labute approximate surface area is 161 Å². The smallest absolute Gasteiger partial charge is 0.414 e. The van der Waals surface area contributed by atoms with Crippen molar-refractivity contribution in [3.63, 3.8) is 0 Å². The van der Waals surface area contributed by atoms with Crippen LogP contribution in [0.15, 0.2) is 24.3 Å². The highest BCUT2D eigenvalue weighted by Crippen LogP contribution is 2.29. The van der Waals surface area contributed by atoms with Crippen molar-refractivity contribution < 1.29 is 28.6 Å². The second kappa shape index (κ2) is 8.39. The molecule has 2 heterocycles. The molecule has 1 atom stereocenters. The predicted octanol–water partition coefficient (Wildman–Crippen LogP) is 0.895. The largest absolute Gasteiger partial charge is 0.442 e. The molecule has 1 fully saturated rings. The fourth-order valence-electron chi connectivity index (χ4n) is 3.27. The van der Waals surface area contributed by atoms with Gasteiger partial charge in [0, 0.05) is 25.6 Å². The summed E-state index contributed by atoms with van der Waals surface area (Å²) in [4.78, 5) is 37.4.